The van der Waals surface area contributed by atoms with Crippen LogP contribution >= 0.6 is 11.8 Å². The molecule has 1 aliphatic carbocycles. The van der Waals surface area contributed by atoms with E-state index in [1.807, 2.05) is 18.2 Å². The highest BCUT2D eigenvalue weighted by atomic mass is 32.2. The highest BCUT2D eigenvalue weighted by Gasteiger charge is 2.26. The van der Waals surface area contributed by atoms with Gasteiger partial charge in [0.2, 0.25) is 5.88 Å². The van der Waals surface area contributed by atoms with E-state index in [9.17, 15) is 23.5 Å². The lowest BCUT2D eigenvalue weighted by Gasteiger charge is -2.29. The molecule has 0 radical (unpaired) electrons. The number of carbonyl (C=O) groups excluding carboxylic acids is 2. The number of carbonyl (C=O) groups is 2. The lowest BCUT2D eigenvalue weighted by molar-refractivity contribution is 0.0888. The molecule has 0 saturated heterocycles. The van der Waals surface area contributed by atoms with Gasteiger partial charge in [0.1, 0.15) is 28.7 Å². The highest BCUT2D eigenvalue weighted by molar-refractivity contribution is 7.99. The van der Waals surface area contributed by atoms with Crippen molar-refractivity contribution >= 4 is 23.6 Å². The topological polar surface area (TPSA) is 101 Å². The predicted molar refractivity (Wildman–Crippen MR) is 134 cm³/mol. The molecule has 2 heterocycles. The summed E-state index contributed by atoms with van der Waals surface area (Å²) in [4.78, 5) is 30.6. The SMILES string of the molecule is O=C(NC1CCC(NC(=O)c2cc(F)cnc2Oc2ccc3c(c2)SCC3)CC1)c1ccc(F)cc1O. The van der Waals surface area contributed by atoms with E-state index >= 15 is 0 Å². The number of benzene rings is 2. The molecule has 192 valence electrons. The third-order valence-electron chi connectivity index (χ3n) is 6.55. The van der Waals surface area contributed by atoms with Gasteiger partial charge in [0.15, 0.2) is 0 Å². The smallest absolute Gasteiger partial charge is 0.257 e. The molecule has 5 rings (SSSR count). The number of phenols is 1. The molecule has 1 fully saturated rings. The lowest BCUT2D eigenvalue weighted by Crippen LogP contribution is -2.43. The van der Waals surface area contributed by atoms with E-state index in [1.54, 1.807) is 11.8 Å². The third-order valence-corrected chi connectivity index (χ3v) is 7.65. The van der Waals surface area contributed by atoms with E-state index in [-0.39, 0.29) is 29.1 Å². The van der Waals surface area contributed by atoms with Gasteiger partial charge in [0.05, 0.1) is 11.8 Å². The first-order valence-corrected chi connectivity index (χ1v) is 13.0. The number of aromatic nitrogens is 1. The van der Waals surface area contributed by atoms with Crippen LogP contribution in [-0.4, -0.2) is 39.7 Å². The number of thioether (sulfide) groups is 1. The number of hydrogen-bond donors (Lipinski definition) is 3. The fourth-order valence-electron chi connectivity index (χ4n) is 4.60. The van der Waals surface area contributed by atoms with Crippen LogP contribution < -0.4 is 15.4 Å². The molecule has 0 atom stereocenters. The Morgan fingerprint density at radius 2 is 1.62 bits per heavy atom. The molecule has 2 aliphatic rings. The minimum Gasteiger partial charge on any atom is -0.507 e. The van der Waals surface area contributed by atoms with Crippen molar-refractivity contribution < 1.29 is 28.2 Å². The second-order valence-corrected chi connectivity index (χ2v) is 10.3. The number of aryl methyl sites for hydroxylation is 1. The maximum atomic E-state index is 14.0. The zero-order valence-corrected chi connectivity index (χ0v) is 20.6. The number of ether oxygens (including phenoxy) is 1. The summed E-state index contributed by atoms with van der Waals surface area (Å²) in [5.74, 6) is -1.08. The Labute approximate surface area is 216 Å². The number of halogens is 2. The third kappa shape index (κ3) is 5.85. The van der Waals surface area contributed by atoms with Gasteiger partial charge in [-0.2, -0.15) is 0 Å². The Morgan fingerprint density at radius 1 is 0.919 bits per heavy atom. The molecule has 37 heavy (non-hydrogen) atoms. The molecular weight excluding hydrogens is 500 g/mol. The molecule has 1 aliphatic heterocycles. The zero-order valence-electron chi connectivity index (χ0n) is 19.8. The maximum Gasteiger partial charge on any atom is 0.257 e. The van der Waals surface area contributed by atoms with Crippen LogP contribution in [0.3, 0.4) is 0 Å². The Bertz CT molecular complexity index is 1350. The van der Waals surface area contributed by atoms with Gasteiger partial charge in [0.25, 0.3) is 11.8 Å². The summed E-state index contributed by atoms with van der Waals surface area (Å²) < 4.78 is 33.0. The summed E-state index contributed by atoms with van der Waals surface area (Å²) in [6.07, 6.45) is 4.39. The summed E-state index contributed by atoms with van der Waals surface area (Å²) in [5, 5.41) is 15.6. The molecule has 0 unspecified atom stereocenters. The Kier molecular flexibility index (Phi) is 7.27. The minimum absolute atomic E-state index is 0.00456. The summed E-state index contributed by atoms with van der Waals surface area (Å²) >= 11 is 1.74. The number of fused-ring (bicyclic) bond motifs is 1. The van der Waals surface area contributed by atoms with E-state index in [2.05, 4.69) is 15.6 Å². The van der Waals surface area contributed by atoms with Crippen molar-refractivity contribution in [1.82, 2.24) is 15.6 Å². The molecule has 3 aromatic rings. The van der Waals surface area contributed by atoms with Crippen LogP contribution in [0.4, 0.5) is 8.78 Å². The molecule has 2 amide bonds. The van der Waals surface area contributed by atoms with E-state index in [0.717, 1.165) is 41.5 Å². The molecular formula is C27H25F2N3O4S. The molecule has 10 heteroatoms. The van der Waals surface area contributed by atoms with Crippen molar-refractivity contribution in [1.29, 1.82) is 0 Å². The van der Waals surface area contributed by atoms with E-state index in [4.69, 9.17) is 4.74 Å². The first-order chi connectivity index (χ1) is 17.9. The van der Waals surface area contributed by atoms with E-state index in [0.29, 0.717) is 31.4 Å². The molecule has 1 saturated carbocycles. The number of rotatable bonds is 6. The van der Waals surface area contributed by atoms with Gasteiger partial charge in [-0.3, -0.25) is 9.59 Å². The van der Waals surface area contributed by atoms with Crippen molar-refractivity contribution in [2.75, 3.05) is 5.75 Å². The van der Waals surface area contributed by atoms with Gasteiger partial charge in [-0.25, -0.2) is 13.8 Å². The first kappa shape index (κ1) is 25.0. The Morgan fingerprint density at radius 3 is 2.32 bits per heavy atom. The molecule has 3 N–H and O–H groups in total. The van der Waals surface area contributed by atoms with Crippen LogP contribution in [0.15, 0.2) is 53.6 Å². The standard InChI is InChI=1S/C27H25F2N3O4S/c28-16-2-8-21(23(33)12-16)25(34)31-18-3-5-19(6-4-18)32-26(35)22-11-17(29)14-30-27(22)36-20-7-1-15-9-10-37-24(15)13-20/h1-2,7-8,11-14,18-19,33H,3-6,9-10H2,(H,31,34)(H,32,35). The largest absolute Gasteiger partial charge is 0.507 e. The monoisotopic (exact) mass is 525 g/mol. The van der Waals surface area contributed by atoms with Gasteiger partial charge in [-0.1, -0.05) is 6.07 Å². The van der Waals surface area contributed by atoms with Crippen molar-refractivity contribution in [3.63, 3.8) is 0 Å². The molecule has 0 spiro atoms. The van der Waals surface area contributed by atoms with Crippen LogP contribution in [0, 0.1) is 11.6 Å². The normalized spacial score (nSPS) is 18.6. The number of hydrogen-bond acceptors (Lipinski definition) is 6. The number of phenolic OH excluding ortho intramolecular Hbond substituents is 1. The summed E-state index contributed by atoms with van der Waals surface area (Å²) in [7, 11) is 0. The van der Waals surface area contributed by atoms with Gasteiger partial charge < -0.3 is 20.5 Å². The number of amides is 2. The van der Waals surface area contributed by atoms with Gasteiger partial charge in [0, 0.05) is 28.8 Å². The Balaban J connectivity index is 1.19. The minimum atomic E-state index is -0.641. The van der Waals surface area contributed by atoms with Gasteiger partial charge in [-0.05, 0) is 68.0 Å². The molecule has 2 aromatic carbocycles. The maximum absolute atomic E-state index is 14.0. The summed E-state index contributed by atoms with van der Waals surface area (Å²) in [5.41, 5.74) is 1.27. The molecule has 7 nitrogen and oxygen atoms in total. The average molecular weight is 526 g/mol. The second kappa shape index (κ2) is 10.8. The van der Waals surface area contributed by atoms with E-state index in [1.165, 1.54) is 11.6 Å². The fraction of sp³-hybridized carbons (Fsp3) is 0.296. The van der Waals surface area contributed by atoms with E-state index < -0.39 is 29.2 Å². The lowest BCUT2D eigenvalue weighted by atomic mass is 9.90. The number of nitrogens with one attached hydrogen (secondary N) is 2. The van der Waals surface area contributed by atoms with Gasteiger partial charge >= 0.3 is 0 Å². The summed E-state index contributed by atoms with van der Waals surface area (Å²) in [6.45, 7) is 0. The van der Waals surface area contributed by atoms with Crippen molar-refractivity contribution in [2.45, 2.75) is 49.1 Å². The first-order valence-electron chi connectivity index (χ1n) is 12.0. The van der Waals surface area contributed by atoms with Gasteiger partial charge in [-0.15, -0.1) is 11.8 Å². The number of aromatic hydroxyl groups is 1. The van der Waals surface area contributed by atoms with Crippen molar-refractivity contribution in [2.24, 2.45) is 0 Å². The number of pyridine rings is 1. The van der Waals surface area contributed by atoms with Crippen LogP contribution in [-0.2, 0) is 6.42 Å². The quantitative estimate of drug-likeness (QED) is 0.420. The molecule has 0 bridgehead atoms. The average Bonchev–Trinajstić information content (AvgIpc) is 3.34. The zero-order chi connectivity index (χ0) is 25.9. The van der Waals surface area contributed by atoms with Crippen molar-refractivity contribution in [3.8, 4) is 17.4 Å². The number of nitrogens with zero attached hydrogens (tertiary/aromatic N) is 1. The second-order valence-electron chi connectivity index (χ2n) is 9.13. The fourth-order valence-corrected chi connectivity index (χ4v) is 5.69. The van der Waals surface area contributed by atoms with Crippen LogP contribution in [0.2, 0.25) is 0 Å². The molecule has 1 aromatic heterocycles. The Hall–Kier alpha value is -3.66. The van der Waals surface area contributed by atoms with Crippen LogP contribution in [0.5, 0.6) is 17.4 Å². The summed E-state index contributed by atoms with van der Waals surface area (Å²) in [6, 6.07) is 9.74. The predicted octanol–water partition coefficient (Wildman–Crippen LogP) is 4.98. The highest BCUT2D eigenvalue weighted by Crippen LogP contribution is 2.35. The van der Waals surface area contributed by atoms with Crippen LogP contribution in [0.1, 0.15) is 52.0 Å². The van der Waals surface area contributed by atoms with Crippen LogP contribution in [0.25, 0.3) is 0 Å². The van der Waals surface area contributed by atoms with Crippen molar-refractivity contribution in [3.05, 3.63) is 77.0 Å².